The molecule has 0 aromatic rings. The van der Waals surface area contributed by atoms with Crippen LogP contribution < -0.4 is 0 Å². The average molecular weight is 341 g/mol. The number of ether oxygens (including phenoxy) is 2. The Kier molecular flexibility index (Phi) is 4.80. The smallest absolute Gasteiger partial charge is 0.358 e. The van der Waals surface area contributed by atoms with E-state index in [1.165, 1.54) is 4.90 Å². The molecular formula is C16H23NO5S. The van der Waals surface area contributed by atoms with Crippen molar-refractivity contribution >= 4 is 30.5 Å². The summed E-state index contributed by atoms with van der Waals surface area (Å²) in [5, 5.41) is 0. The van der Waals surface area contributed by atoms with Crippen LogP contribution in [-0.4, -0.2) is 35.6 Å². The van der Waals surface area contributed by atoms with E-state index in [1.54, 1.807) is 20.8 Å². The zero-order valence-electron chi connectivity index (χ0n) is 14.1. The summed E-state index contributed by atoms with van der Waals surface area (Å²) in [5.41, 5.74) is -0.497. The molecule has 0 bridgehead atoms. The zero-order valence-corrected chi connectivity index (χ0v) is 15.0. The number of hydrogen-bond donors (Lipinski definition) is 1. The molecule has 1 amide bonds. The number of esters is 2. The molecule has 6 nitrogen and oxygen atoms in total. The number of amides is 1. The minimum Gasteiger partial charge on any atom is -0.427 e. The molecular weight excluding hydrogens is 318 g/mol. The third-order valence-corrected chi connectivity index (χ3v) is 4.48. The van der Waals surface area contributed by atoms with Crippen LogP contribution in [0.3, 0.4) is 0 Å². The van der Waals surface area contributed by atoms with Crippen molar-refractivity contribution < 1.29 is 23.9 Å². The van der Waals surface area contributed by atoms with Crippen LogP contribution in [0.2, 0.25) is 0 Å². The van der Waals surface area contributed by atoms with E-state index in [-0.39, 0.29) is 29.5 Å². The van der Waals surface area contributed by atoms with Crippen LogP contribution in [0, 0.1) is 17.3 Å². The van der Waals surface area contributed by atoms with Gasteiger partial charge in [-0.2, -0.15) is 0 Å². The van der Waals surface area contributed by atoms with Gasteiger partial charge in [0.2, 0.25) is 12.7 Å². The summed E-state index contributed by atoms with van der Waals surface area (Å²) in [7, 11) is 0. The standard InChI is InChI=1S/C16H23NO5S/c1-8(2)11-9-6-10(23)12(17(9)13(11)18)14(19)21-7-22-15(20)16(3,4)5/h8-9,11,23H,6-7H2,1-5H3. The summed E-state index contributed by atoms with van der Waals surface area (Å²) >= 11 is 4.32. The molecule has 23 heavy (non-hydrogen) atoms. The Morgan fingerprint density at radius 3 is 2.43 bits per heavy atom. The van der Waals surface area contributed by atoms with Crippen molar-refractivity contribution in [1.82, 2.24) is 4.90 Å². The summed E-state index contributed by atoms with van der Waals surface area (Å²) in [6.07, 6.45) is 0.559. The van der Waals surface area contributed by atoms with Gasteiger partial charge in [0.25, 0.3) is 0 Å². The topological polar surface area (TPSA) is 72.9 Å². The Labute approximate surface area is 141 Å². The Morgan fingerprint density at radius 1 is 1.30 bits per heavy atom. The van der Waals surface area contributed by atoms with Crippen molar-refractivity contribution in [2.75, 3.05) is 6.79 Å². The van der Waals surface area contributed by atoms with Crippen LogP contribution >= 0.6 is 12.6 Å². The number of fused-ring (bicyclic) bond motifs is 1. The predicted octanol–water partition coefficient (Wildman–Crippen LogP) is 2.10. The van der Waals surface area contributed by atoms with Crippen LogP contribution in [0.1, 0.15) is 41.0 Å². The highest BCUT2D eigenvalue weighted by Crippen LogP contribution is 2.46. The highest BCUT2D eigenvalue weighted by molar-refractivity contribution is 7.84. The number of carbonyl (C=O) groups excluding carboxylic acids is 3. The molecule has 0 spiro atoms. The summed E-state index contributed by atoms with van der Waals surface area (Å²) in [5.74, 6) is -1.09. The SMILES string of the molecule is CC(C)C1C(=O)N2C(C(=O)OCOC(=O)C(C)(C)C)=C(S)CC12. The first-order chi connectivity index (χ1) is 10.6. The van der Waals surface area contributed by atoms with Gasteiger partial charge in [-0.05, 0) is 26.7 Å². The van der Waals surface area contributed by atoms with Gasteiger partial charge < -0.3 is 14.4 Å². The van der Waals surface area contributed by atoms with Crippen molar-refractivity contribution in [3.05, 3.63) is 10.6 Å². The van der Waals surface area contributed by atoms with E-state index in [0.29, 0.717) is 11.3 Å². The fourth-order valence-corrected chi connectivity index (χ4v) is 3.25. The van der Waals surface area contributed by atoms with Gasteiger partial charge in [-0.25, -0.2) is 4.79 Å². The molecule has 0 aromatic carbocycles. The number of hydrogen-bond acceptors (Lipinski definition) is 6. The Morgan fingerprint density at radius 2 is 1.91 bits per heavy atom. The molecule has 128 valence electrons. The molecule has 0 saturated carbocycles. The van der Waals surface area contributed by atoms with Crippen molar-refractivity contribution in [3.63, 3.8) is 0 Å². The maximum absolute atomic E-state index is 12.2. The average Bonchev–Trinajstić information content (AvgIpc) is 2.70. The van der Waals surface area contributed by atoms with E-state index in [1.807, 2.05) is 13.8 Å². The second-order valence-corrected chi connectivity index (χ2v) is 7.82. The minimum atomic E-state index is -0.685. The first-order valence-corrected chi connectivity index (χ1v) is 8.10. The maximum atomic E-state index is 12.2. The van der Waals surface area contributed by atoms with Gasteiger partial charge in [-0.1, -0.05) is 13.8 Å². The molecule has 1 saturated heterocycles. The highest BCUT2D eigenvalue weighted by atomic mass is 32.1. The molecule has 0 N–H and O–H groups in total. The van der Waals surface area contributed by atoms with E-state index < -0.39 is 24.1 Å². The molecule has 2 aliphatic rings. The van der Waals surface area contributed by atoms with E-state index in [0.717, 1.165) is 0 Å². The van der Waals surface area contributed by atoms with Gasteiger partial charge in [0.1, 0.15) is 5.70 Å². The van der Waals surface area contributed by atoms with E-state index in [2.05, 4.69) is 12.6 Å². The van der Waals surface area contributed by atoms with Gasteiger partial charge in [0.15, 0.2) is 0 Å². The summed E-state index contributed by atoms with van der Waals surface area (Å²) in [6.45, 7) is 8.62. The lowest BCUT2D eigenvalue weighted by molar-refractivity contribution is -0.174. The molecule has 2 rings (SSSR count). The van der Waals surface area contributed by atoms with Crippen LogP contribution in [0.5, 0.6) is 0 Å². The highest BCUT2D eigenvalue weighted by Gasteiger charge is 2.55. The molecule has 2 unspecified atom stereocenters. The monoisotopic (exact) mass is 341 g/mol. The second kappa shape index (κ2) is 6.19. The van der Waals surface area contributed by atoms with E-state index in [9.17, 15) is 14.4 Å². The molecule has 2 atom stereocenters. The Balaban J connectivity index is 1.95. The van der Waals surface area contributed by atoms with Crippen LogP contribution in [0.25, 0.3) is 0 Å². The van der Waals surface area contributed by atoms with Crippen molar-refractivity contribution in [2.24, 2.45) is 17.3 Å². The first-order valence-electron chi connectivity index (χ1n) is 7.65. The lowest BCUT2D eigenvalue weighted by Crippen LogP contribution is -2.60. The quantitative estimate of drug-likeness (QED) is 0.367. The van der Waals surface area contributed by atoms with Crippen LogP contribution in [-0.2, 0) is 23.9 Å². The normalized spacial score (nSPS) is 23.8. The van der Waals surface area contributed by atoms with Crippen molar-refractivity contribution in [2.45, 2.75) is 47.1 Å². The predicted molar refractivity (Wildman–Crippen MR) is 86.1 cm³/mol. The third kappa shape index (κ3) is 3.24. The number of thiol groups is 1. The minimum absolute atomic E-state index is 0.0188. The summed E-state index contributed by atoms with van der Waals surface area (Å²) < 4.78 is 9.88. The lowest BCUT2D eigenvalue weighted by Gasteiger charge is -2.45. The molecule has 0 radical (unpaired) electrons. The largest absolute Gasteiger partial charge is 0.427 e. The molecule has 1 fully saturated rings. The van der Waals surface area contributed by atoms with E-state index >= 15 is 0 Å². The number of carbonyl (C=O) groups is 3. The van der Waals surface area contributed by atoms with Crippen LogP contribution in [0.4, 0.5) is 0 Å². The Bertz CT molecular complexity index is 576. The maximum Gasteiger partial charge on any atom is 0.358 e. The van der Waals surface area contributed by atoms with Gasteiger partial charge in [-0.15, -0.1) is 12.6 Å². The van der Waals surface area contributed by atoms with Gasteiger partial charge >= 0.3 is 11.9 Å². The number of rotatable bonds is 4. The summed E-state index contributed by atoms with van der Waals surface area (Å²) in [6, 6.07) is -0.0188. The first kappa shape index (κ1) is 17.8. The molecule has 7 heteroatoms. The van der Waals surface area contributed by atoms with Crippen molar-refractivity contribution in [1.29, 1.82) is 0 Å². The fourth-order valence-electron chi connectivity index (χ4n) is 2.86. The molecule has 2 heterocycles. The second-order valence-electron chi connectivity index (χ2n) is 7.28. The van der Waals surface area contributed by atoms with E-state index in [4.69, 9.17) is 9.47 Å². The Hall–Kier alpha value is -1.50. The number of nitrogens with zero attached hydrogens (tertiary/aromatic N) is 1. The van der Waals surface area contributed by atoms with Gasteiger partial charge in [0, 0.05) is 11.3 Å². The van der Waals surface area contributed by atoms with Crippen LogP contribution in [0.15, 0.2) is 10.6 Å². The molecule has 0 aromatic heterocycles. The van der Waals surface area contributed by atoms with Crippen molar-refractivity contribution in [3.8, 4) is 0 Å². The van der Waals surface area contributed by atoms with Gasteiger partial charge in [-0.3, -0.25) is 9.59 Å². The lowest BCUT2D eigenvalue weighted by atomic mass is 9.79. The molecule has 2 aliphatic heterocycles. The zero-order chi connectivity index (χ0) is 17.5. The summed E-state index contributed by atoms with van der Waals surface area (Å²) in [4.78, 5) is 38.0. The number of β-lactam (4-membered cyclic amide) rings is 1. The fraction of sp³-hybridized carbons (Fsp3) is 0.688. The molecule has 0 aliphatic carbocycles. The van der Waals surface area contributed by atoms with Gasteiger partial charge in [0.05, 0.1) is 17.4 Å². The third-order valence-electron chi connectivity index (χ3n) is 4.09.